The molecule has 32 heavy (non-hydrogen) atoms. The van der Waals surface area contributed by atoms with Crippen molar-refractivity contribution < 1.29 is 28.7 Å². The molecule has 0 radical (unpaired) electrons. The van der Waals surface area contributed by atoms with E-state index in [1.165, 1.54) is 4.90 Å². The number of alkyl halides is 1. The van der Waals surface area contributed by atoms with E-state index in [0.717, 1.165) is 22.9 Å². The summed E-state index contributed by atoms with van der Waals surface area (Å²) in [6.45, 7) is 1.47. The Kier molecular flexibility index (Phi) is 6.26. The Labute approximate surface area is 194 Å². The van der Waals surface area contributed by atoms with Crippen molar-refractivity contribution in [3.05, 3.63) is 71.8 Å². The molecule has 4 rings (SSSR count). The van der Waals surface area contributed by atoms with E-state index < -0.39 is 45.9 Å². The fraction of sp³-hybridized carbons (Fsp3) is 0.304. The molecular formula is C23H20ClNO6S. The van der Waals surface area contributed by atoms with Gasteiger partial charge in [0.25, 0.3) is 11.7 Å². The summed E-state index contributed by atoms with van der Waals surface area (Å²) in [7, 11) is 0. The maximum Gasteiger partial charge on any atom is 0.331 e. The van der Waals surface area contributed by atoms with Crippen LogP contribution in [0.1, 0.15) is 24.2 Å². The van der Waals surface area contributed by atoms with Gasteiger partial charge in [0, 0.05) is 0 Å². The number of carbonyl (C=O) groups is 4. The van der Waals surface area contributed by atoms with Crippen LogP contribution in [-0.4, -0.2) is 57.2 Å². The number of hydrogen-bond donors (Lipinski definition) is 0. The number of hydrogen-bond acceptors (Lipinski definition) is 7. The third kappa shape index (κ3) is 4.00. The van der Waals surface area contributed by atoms with Gasteiger partial charge in [0.05, 0.1) is 4.75 Å². The number of esters is 2. The van der Waals surface area contributed by atoms with Crippen LogP contribution in [0.2, 0.25) is 0 Å². The standard InChI is InChI=1S/C23H20ClNO6S/c1-23(13-30-16(26)12-24)19(25-20(28)17(27)21(25)32-23)22(29)31-18(14-8-4-2-5-9-14)15-10-6-3-7-11-15/h2-11,18-19,21H,12-13H2,1H3/t19-,21+,23-/m0/s1. The van der Waals surface area contributed by atoms with Gasteiger partial charge in [-0.15, -0.1) is 23.4 Å². The highest BCUT2D eigenvalue weighted by Crippen LogP contribution is 2.50. The minimum Gasteiger partial charge on any atom is -0.463 e. The second kappa shape index (κ2) is 8.96. The van der Waals surface area contributed by atoms with Gasteiger partial charge in [-0.3, -0.25) is 14.4 Å². The zero-order valence-corrected chi connectivity index (χ0v) is 18.7. The van der Waals surface area contributed by atoms with Gasteiger partial charge in [0.2, 0.25) is 0 Å². The lowest BCUT2D eigenvalue weighted by Crippen LogP contribution is -2.64. The minimum absolute atomic E-state index is 0.197. The largest absolute Gasteiger partial charge is 0.463 e. The molecule has 0 unspecified atom stereocenters. The second-order valence-corrected chi connectivity index (χ2v) is 9.58. The average Bonchev–Trinajstić information content (AvgIpc) is 3.12. The molecule has 9 heteroatoms. The first-order chi connectivity index (χ1) is 15.4. The number of thioether (sulfide) groups is 1. The van der Waals surface area contributed by atoms with Crippen LogP contribution >= 0.6 is 23.4 Å². The lowest BCUT2D eigenvalue weighted by molar-refractivity contribution is -0.169. The quantitative estimate of drug-likeness (QED) is 0.264. The number of nitrogens with zero attached hydrogens (tertiary/aromatic N) is 1. The van der Waals surface area contributed by atoms with Gasteiger partial charge in [0.1, 0.15) is 23.9 Å². The number of fused-ring (bicyclic) bond motifs is 1. The third-order valence-corrected chi connectivity index (χ3v) is 7.21. The average molecular weight is 474 g/mol. The number of benzene rings is 2. The van der Waals surface area contributed by atoms with E-state index in [-0.39, 0.29) is 12.5 Å². The van der Waals surface area contributed by atoms with Gasteiger partial charge in [-0.2, -0.15) is 0 Å². The summed E-state index contributed by atoms with van der Waals surface area (Å²) >= 11 is 6.63. The molecular weight excluding hydrogens is 454 g/mol. The molecule has 1 amide bonds. The summed E-state index contributed by atoms with van der Waals surface area (Å²) in [5.74, 6) is -3.00. The van der Waals surface area contributed by atoms with E-state index in [1.807, 2.05) is 60.7 Å². The van der Waals surface area contributed by atoms with Crippen LogP contribution in [0, 0.1) is 0 Å². The zero-order valence-electron chi connectivity index (χ0n) is 17.1. The molecule has 2 aromatic carbocycles. The first-order valence-corrected chi connectivity index (χ1v) is 11.3. The van der Waals surface area contributed by atoms with Crippen LogP contribution in [0.3, 0.4) is 0 Å². The van der Waals surface area contributed by atoms with E-state index in [2.05, 4.69) is 0 Å². The normalized spacial score (nSPS) is 24.2. The van der Waals surface area contributed by atoms with Crippen LogP contribution in [-0.2, 0) is 28.7 Å². The number of amides is 1. The Morgan fingerprint density at radius 1 is 1.06 bits per heavy atom. The van der Waals surface area contributed by atoms with Crippen molar-refractivity contribution in [3.8, 4) is 0 Å². The van der Waals surface area contributed by atoms with Gasteiger partial charge in [-0.05, 0) is 18.1 Å². The minimum atomic E-state index is -1.10. The highest BCUT2D eigenvalue weighted by Gasteiger charge is 2.66. The highest BCUT2D eigenvalue weighted by atomic mass is 35.5. The van der Waals surface area contributed by atoms with Crippen LogP contribution < -0.4 is 0 Å². The molecule has 0 saturated carbocycles. The summed E-state index contributed by atoms with van der Waals surface area (Å²) < 4.78 is 10.1. The zero-order chi connectivity index (χ0) is 22.9. The number of rotatable bonds is 7. The van der Waals surface area contributed by atoms with Crippen molar-refractivity contribution in [1.29, 1.82) is 0 Å². The van der Waals surface area contributed by atoms with E-state index >= 15 is 0 Å². The second-order valence-electron chi connectivity index (χ2n) is 7.69. The number of β-lactam (4-membered cyclic amide) rings is 1. The summed E-state index contributed by atoms with van der Waals surface area (Å²) in [5.41, 5.74) is 1.52. The van der Waals surface area contributed by atoms with Crippen LogP contribution in [0.25, 0.3) is 0 Å². The van der Waals surface area contributed by atoms with E-state index in [1.54, 1.807) is 6.92 Å². The lowest BCUT2D eigenvalue weighted by atomic mass is 9.96. The van der Waals surface area contributed by atoms with Crippen molar-refractivity contribution in [2.24, 2.45) is 0 Å². The number of carbonyl (C=O) groups excluding carboxylic acids is 4. The van der Waals surface area contributed by atoms with Gasteiger partial charge in [0.15, 0.2) is 6.10 Å². The van der Waals surface area contributed by atoms with Crippen LogP contribution in [0.4, 0.5) is 0 Å². The first-order valence-electron chi connectivity index (χ1n) is 9.92. The summed E-state index contributed by atoms with van der Waals surface area (Å²) in [5, 5.41) is -0.799. The van der Waals surface area contributed by atoms with Crippen molar-refractivity contribution >= 4 is 47.0 Å². The van der Waals surface area contributed by atoms with Gasteiger partial charge < -0.3 is 14.4 Å². The molecule has 166 valence electrons. The monoisotopic (exact) mass is 473 g/mol. The Balaban J connectivity index is 1.64. The van der Waals surface area contributed by atoms with Crippen LogP contribution in [0.5, 0.6) is 0 Å². The first kappa shape index (κ1) is 22.4. The Bertz CT molecular complexity index is 1010. The van der Waals surface area contributed by atoms with Crippen molar-refractivity contribution in [2.75, 3.05) is 12.5 Å². The van der Waals surface area contributed by atoms with Gasteiger partial charge in [-0.1, -0.05) is 60.7 Å². The van der Waals surface area contributed by atoms with E-state index in [4.69, 9.17) is 21.1 Å². The molecule has 2 fully saturated rings. The molecule has 2 saturated heterocycles. The van der Waals surface area contributed by atoms with Gasteiger partial charge >= 0.3 is 11.9 Å². The van der Waals surface area contributed by atoms with Crippen molar-refractivity contribution in [3.63, 3.8) is 0 Å². The predicted molar refractivity (Wildman–Crippen MR) is 118 cm³/mol. The SMILES string of the molecule is C[C@@]1(COC(=O)CCl)S[C@@H]2C(=O)C(=O)N2[C@H]1C(=O)OC(c1ccccc1)c1ccccc1. The molecule has 3 atom stereocenters. The maximum absolute atomic E-state index is 13.5. The summed E-state index contributed by atoms with van der Waals surface area (Å²) in [4.78, 5) is 50.7. The number of Topliss-reactive ketones (excluding diaryl/α,β-unsaturated/α-hetero) is 1. The maximum atomic E-state index is 13.5. The number of ketones is 1. The fourth-order valence-corrected chi connectivity index (χ4v) is 5.47. The molecule has 0 N–H and O–H groups in total. The number of halogens is 1. The molecule has 2 aliphatic rings. The molecule has 2 heterocycles. The Hall–Kier alpha value is -2.84. The molecule has 0 bridgehead atoms. The lowest BCUT2D eigenvalue weighted by Gasteiger charge is -2.36. The predicted octanol–water partition coefficient (Wildman–Crippen LogP) is 2.71. The molecule has 2 aromatic rings. The molecule has 0 spiro atoms. The smallest absolute Gasteiger partial charge is 0.331 e. The van der Waals surface area contributed by atoms with Crippen LogP contribution in [0.15, 0.2) is 60.7 Å². The molecule has 7 nitrogen and oxygen atoms in total. The Morgan fingerprint density at radius 2 is 1.62 bits per heavy atom. The Morgan fingerprint density at radius 3 is 2.16 bits per heavy atom. The van der Waals surface area contributed by atoms with Crippen molar-refractivity contribution in [1.82, 2.24) is 4.90 Å². The number of ether oxygens (including phenoxy) is 2. The summed E-state index contributed by atoms with van der Waals surface area (Å²) in [6.07, 6.45) is -0.712. The molecule has 2 aliphatic heterocycles. The summed E-state index contributed by atoms with van der Waals surface area (Å²) in [6, 6.07) is 17.4. The fourth-order valence-electron chi connectivity index (χ4n) is 3.88. The molecule has 0 aromatic heterocycles. The van der Waals surface area contributed by atoms with E-state index in [0.29, 0.717) is 0 Å². The topological polar surface area (TPSA) is 90.0 Å². The highest BCUT2D eigenvalue weighted by molar-refractivity contribution is 8.02. The van der Waals surface area contributed by atoms with Crippen molar-refractivity contribution in [2.45, 2.75) is 29.2 Å². The van der Waals surface area contributed by atoms with Gasteiger partial charge in [-0.25, -0.2) is 4.79 Å². The molecule has 0 aliphatic carbocycles. The third-order valence-electron chi connectivity index (χ3n) is 5.45. The van der Waals surface area contributed by atoms with E-state index in [9.17, 15) is 19.2 Å².